The van der Waals surface area contributed by atoms with Gasteiger partial charge < -0.3 is 29.7 Å². The number of carbonyl (C=O) groups is 5. The summed E-state index contributed by atoms with van der Waals surface area (Å²) in [6.07, 6.45) is 4.70. The van der Waals surface area contributed by atoms with Crippen LogP contribution in [0.2, 0.25) is 20.1 Å². The van der Waals surface area contributed by atoms with Crippen LogP contribution in [0.5, 0.6) is 0 Å². The smallest absolute Gasteiger partial charge is 0.419 e. The van der Waals surface area contributed by atoms with Crippen LogP contribution in [0.15, 0.2) is 97.3 Å². The second kappa shape index (κ2) is 21.8. The molecule has 0 saturated heterocycles. The second-order valence-electron chi connectivity index (χ2n) is 19.7. The third-order valence-electron chi connectivity index (χ3n) is 13.6. The van der Waals surface area contributed by atoms with E-state index in [9.17, 15) is 24.0 Å². The number of benzene rings is 4. The van der Waals surface area contributed by atoms with Crippen molar-refractivity contribution < 1.29 is 28.7 Å². The van der Waals surface area contributed by atoms with E-state index in [4.69, 9.17) is 56.2 Å². The number of nitrogens with one attached hydrogen (secondary N) is 2. The zero-order valence-electron chi connectivity index (χ0n) is 41.6. The summed E-state index contributed by atoms with van der Waals surface area (Å²) in [5.41, 5.74) is 9.22. The number of alkyl halides is 1. The Hall–Kier alpha value is -6.63. The Balaban J connectivity index is 0.000000137. The molecule has 0 atom stereocenters. The first-order valence-electron chi connectivity index (χ1n) is 24.6. The molecule has 0 bridgehead atoms. The van der Waals surface area contributed by atoms with Gasteiger partial charge in [-0.15, -0.1) is 0 Å². The molecule has 21 heteroatoms. The molecule has 76 heavy (non-hydrogen) atoms. The van der Waals surface area contributed by atoms with Gasteiger partial charge in [-0.05, 0) is 80.4 Å². The molecule has 0 spiro atoms. The lowest BCUT2D eigenvalue weighted by atomic mass is 10.0. The Morgan fingerprint density at radius 1 is 0.684 bits per heavy atom. The Kier molecular flexibility index (Phi) is 15.1. The van der Waals surface area contributed by atoms with Crippen LogP contribution in [0, 0.1) is 0 Å². The number of halogens is 5. The maximum absolute atomic E-state index is 13.6. The molecule has 8 aromatic rings. The number of nitrogens with zero attached hydrogens (tertiary/aromatic N) is 8. The normalized spacial score (nSPS) is 14.9. The van der Waals surface area contributed by atoms with Crippen molar-refractivity contribution in [2.45, 2.75) is 77.3 Å². The zero-order chi connectivity index (χ0) is 53.6. The van der Waals surface area contributed by atoms with Gasteiger partial charge in [-0.25, -0.2) is 4.79 Å². The van der Waals surface area contributed by atoms with Crippen molar-refractivity contribution in [3.8, 4) is 0 Å². The zero-order valence-corrected chi connectivity index (χ0v) is 46.2. The van der Waals surface area contributed by atoms with Crippen LogP contribution in [0.3, 0.4) is 0 Å². The molecular formula is C55H51BrCl4N10O6. The van der Waals surface area contributed by atoms with Gasteiger partial charge in [0.2, 0.25) is 0 Å². The van der Waals surface area contributed by atoms with Gasteiger partial charge in [-0.3, -0.25) is 33.1 Å². The lowest BCUT2D eigenvalue weighted by Gasteiger charge is -2.30. The van der Waals surface area contributed by atoms with Crippen molar-refractivity contribution in [1.82, 2.24) is 49.1 Å². The van der Waals surface area contributed by atoms with E-state index in [-0.39, 0.29) is 29.7 Å². The van der Waals surface area contributed by atoms with Crippen LogP contribution in [0.25, 0.3) is 21.8 Å². The predicted molar refractivity (Wildman–Crippen MR) is 296 cm³/mol. The van der Waals surface area contributed by atoms with Gasteiger partial charge in [-0.2, -0.15) is 10.2 Å². The van der Waals surface area contributed by atoms with Crippen molar-refractivity contribution in [3.05, 3.63) is 174 Å². The Morgan fingerprint density at radius 2 is 1.26 bits per heavy atom. The largest absolute Gasteiger partial charge is 0.443 e. The van der Waals surface area contributed by atoms with E-state index in [1.54, 1.807) is 55.4 Å². The van der Waals surface area contributed by atoms with Gasteiger partial charge >= 0.3 is 6.09 Å². The van der Waals surface area contributed by atoms with Crippen LogP contribution in [-0.2, 0) is 55.6 Å². The van der Waals surface area contributed by atoms with Crippen LogP contribution in [-0.4, -0.2) is 105 Å². The molecule has 392 valence electrons. The topological polar surface area (TPSA) is 173 Å². The fourth-order valence-electron chi connectivity index (χ4n) is 9.90. The fraction of sp³-hybridized carbons (Fsp3) is 0.291. The molecule has 0 unspecified atom stereocenters. The van der Waals surface area contributed by atoms with E-state index in [0.717, 1.165) is 55.4 Å². The number of para-hydroxylation sites is 2. The first-order valence-corrected chi connectivity index (χ1v) is 27.3. The maximum atomic E-state index is 13.6. The van der Waals surface area contributed by atoms with E-state index in [2.05, 4.69) is 37.4 Å². The SMILES string of the molecule is CC(C)(C)OC(=O)n1cc(CBr)c2ccccc21.O=C(c1ccc(Cl)c(Cl)c1)N1CCc2nn3c(c2C1)C(=O)N(Cc1c[nH]c2ccccc12)CC3.O=C1NCCn2nc3c(c21)CN(C(=O)c1ccc(Cl)c(Cl)c1)CC3. The van der Waals surface area contributed by atoms with E-state index in [1.165, 1.54) is 0 Å². The summed E-state index contributed by atoms with van der Waals surface area (Å²) in [4.78, 5) is 72.3. The molecule has 4 aromatic carbocycles. The van der Waals surface area contributed by atoms with E-state index < -0.39 is 5.60 Å². The van der Waals surface area contributed by atoms with Gasteiger partial charge in [0, 0.05) is 102 Å². The second-order valence-corrected chi connectivity index (χ2v) is 21.9. The molecule has 8 heterocycles. The molecule has 4 aliphatic rings. The monoisotopic (exact) mass is 1170 g/mol. The summed E-state index contributed by atoms with van der Waals surface area (Å²) in [5.74, 6) is -0.439. The minimum Gasteiger partial charge on any atom is -0.443 e. The summed E-state index contributed by atoms with van der Waals surface area (Å²) in [6, 6.07) is 25.6. The number of fused-ring (bicyclic) bond motifs is 8. The Bertz CT molecular complexity index is 3620. The lowest BCUT2D eigenvalue weighted by molar-refractivity contribution is 0.0543. The number of H-pyrrole nitrogens is 1. The van der Waals surface area contributed by atoms with Crippen LogP contribution in [0.1, 0.15) is 96.1 Å². The van der Waals surface area contributed by atoms with E-state index in [1.807, 2.05) is 85.2 Å². The highest BCUT2D eigenvalue weighted by Gasteiger charge is 2.36. The Labute approximate surface area is 465 Å². The number of amides is 4. The van der Waals surface area contributed by atoms with Crippen LogP contribution < -0.4 is 5.32 Å². The van der Waals surface area contributed by atoms with Crippen molar-refractivity contribution >= 4 is 114 Å². The quantitative estimate of drug-likeness (QED) is 0.160. The van der Waals surface area contributed by atoms with E-state index >= 15 is 0 Å². The average Bonchev–Trinajstić information content (AvgIpc) is 4.20. The molecule has 0 aliphatic carbocycles. The summed E-state index contributed by atoms with van der Waals surface area (Å²) < 4.78 is 10.5. The maximum Gasteiger partial charge on any atom is 0.419 e. The molecular weight excluding hydrogens is 1120 g/mol. The van der Waals surface area contributed by atoms with Crippen molar-refractivity contribution in [1.29, 1.82) is 0 Å². The first kappa shape index (κ1) is 52.8. The van der Waals surface area contributed by atoms with Crippen molar-refractivity contribution in [2.75, 3.05) is 26.2 Å². The summed E-state index contributed by atoms with van der Waals surface area (Å²) >= 11 is 27.5. The average molecular weight is 1170 g/mol. The predicted octanol–water partition coefficient (Wildman–Crippen LogP) is 11.0. The molecule has 16 nitrogen and oxygen atoms in total. The number of hydrogen-bond acceptors (Lipinski definition) is 8. The van der Waals surface area contributed by atoms with Gasteiger partial charge in [0.25, 0.3) is 23.6 Å². The van der Waals surface area contributed by atoms with Crippen molar-refractivity contribution in [3.63, 3.8) is 0 Å². The third kappa shape index (κ3) is 10.7. The van der Waals surface area contributed by atoms with Crippen molar-refractivity contribution in [2.24, 2.45) is 0 Å². The number of rotatable bonds is 5. The summed E-state index contributed by atoms with van der Waals surface area (Å²) in [5, 5.41) is 16.5. The van der Waals surface area contributed by atoms with Gasteiger partial charge in [0.05, 0.1) is 63.2 Å². The number of carbonyl (C=O) groups excluding carboxylic acids is 5. The number of aromatic nitrogens is 6. The fourth-order valence-corrected chi connectivity index (χ4v) is 10.9. The highest BCUT2D eigenvalue weighted by Crippen LogP contribution is 2.32. The van der Waals surface area contributed by atoms with Gasteiger partial charge in [0.15, 0.2) is 0 Å². The molecule has 12 rings (SSSR count). The molecule has 0 radical (unpaired) electrons. The number of ether oxygens (including phenoxy) is 1. The summed E-state index contributed by atoms with van der Waals surface area (Å²) in [6.45, 7) is 10.4. The Morgan fingerprint density at radius 3 is 1.87 bits per heavy atom. The highest BCUT2D eigenvalue weighted by molar-refractivity contribution is 9.08. The molecule has 0 fully saturated rings. The van der Waals surface area contributed by atoms with Gasteiger partial charge in [0.1, 0.15) is 17.0 Å². The summed E-state index contributed by atoms with van der Waals surface area (Å²) in [7, 11) is 0. The first-order chi connectivity index (χ1) is 36.5. The van der Waals surface area contributed by atoms with Crippen LogP contribution in [0.4, 0.5) is 4.79 Å². The van der Waals surface area contributed by atoms with E-state index in [0.29, 0.717) is 120 Å². The minimum absolute atomic E-state index is 0.0471. The number of hydrogen-bond donors (Lipinski definition) is 2. The standard InChI is InChI=1S/C25H21Cl2N5O2.C16H14Cl2N4O2.C14H16BrNO2/c26-19-6-5-15(11-20(19)27)24(33)30-8-7-22-18(14-30)23-25(34)31(9-10-32(23)29-22)13-16-12-28-21-4-2-1-3-17(16)21;17-11-2-1-9(7-12(11)18)16(24)21-5-3-13-10(8-21)14-15(23)19-4-6-22(14)20-13;1-14(2,3)18-13(17)16-9-10(8-15)11-6-4-5-7-12(11)16/h1-6,11-12,28H,7-10,13-14H2;1-2,7H,3-6,8H2,(H,19,23);4-7,9H,8H2,1-3H3. The highest BCUT2D eigenvalue weighted by atomic mass is 79.9. The molecule has 4 amide bonds. The number of aromatic amines is 1. The third-order valence-corrected chi connectivity index (χ3v) is 15.7. The van der Waals surface area contributed by atoms with Gasteiger partial charge in [-0.1, -0.05) is 98.7 Å². The molecule has 0 saturated carbocycles. The molecule has 4 aliphatic heterocycles. The lowest BCUT2D eigenvalue weighted by Crippen LogP contribution is -2.41. The molecule has 4 aromatic heterocycles. The minimum atomic E-state index is -0.489. The van der Waals surface area contributed by atoms with Crippen LogP contribution >= 0.6 is 62.3 Å². The molecule has 2 N–H and O–H groups in total.